The van der Waals surface area contributed by atoms with Crippen LogP contribution in [0.25, 0.3) is 0 Å². The Hall–Kier alpha value is -1.42. The molecule has 0 amide bonds. The van der Waals surface area contributed by atoms with E-state index in [0.717, 1.165) is 44.1 Å². The first-order chi connectivity index (χ1) is 12.2. The predicted molar refractivity (Wildman–Crippen MR) is 113 cm³/mol. The Bertz CT molecular complexity index is 553. The number of nitrogens with zero attached hydrogens (tertiary/aromatic N) is 1. The smallest absolute Gasteiger partial charge is 0.203 e. The van der Waals surface area contributed by atoms with E-state index in [9.17, 15) is 0 Å². The van der Waals surface area contributed by atoms with Crippen LogP contribution in [0.3, 0.4) is 0 Å². The van der Waals surface area contributed by atoms with Crippen molar-refractivity contribution in [1.82, 2.24) is 10.6 Å². The van der Waals surface area contributed by atoms with Crippen LogP contribution in [-0.2, 0) is 11.3 Å². The Labute approximate surface area is 172 Å². The van der Waals surface area contributed by atoms with Gasteiger partial charge in [0.05, 0.1) is 34.0 Å². The van der Waals surface area contributed by atoms with Crippen LogP contribution < -0.4 is 24.8 Å². The van der Waals surface area contributed by atoms with Crippen molar-refractivity contribution in [2.75, 3.05) is 41.0 Å². The van der Waals surface area contributed by atoms with Gasteiger partial charge in [-0.2, -0.15) is 0 Å². The molecule has 2 N–H and O–H groups in total. The average molecular weight is 479 g/mol. The second-order valence-electron chi connectivity index (χ2n) is 5.74. The summed E-state index contributed by atoms with van der Waals surface area (Å²) in [6, 6.07) is 3.82. The second kappa shape index (κ2) is 12.1. The summed E-state index contributed by atoms with van der Waals surface area (Å²) in [6.45, 7) is 4.96. The fourth-order valence-corrected chi connectivity index (χ4v) is 2.75. The molecule has 0 aliphatic carbocycles. The fraction of sp³-hybridized carbons (Fsp3) is 0.611. The molecule has 26 heavy (non-hydrogen) atoms. The lowest BCUT2D eigenvalue weighted by Gasteiger charge is -2.16. The Morgan fingerprint density at radius 3 is 2.35 bits per heavy atom. The molecule has 1 fully saturated rings. The maximum Gasteiger partial charge on any atom is 0.203 e. The molecule has 8 heteroatoms. The number of benzene rings is 1. The van der Waals surface area contributed by atoms with E-state index in [-0.39, 0.29) is 30.1 Å². The Balaban J connectivity index is 0.00000338. The van der Waals surface area contributed by atoms with Crippen LogP contribution in [0.1, 0.15) is 25.3 Å². The number of hydrogen-bond acceptors (Lipinski definition) is 5. The molecule has 7 nitrogen and oxygen atoms in total. The summed E-state index contributed by atoms with van der Waals surface area (Å²) in [5.41, 5.74) is 0.976. The second-order valence-corrected chi connectivity index (χ2v) is 5.74. The van der Waals surface area contributed by atoms with Crippen molar-refractivity contribution in [2.24, 2.45) is 4.99 Å². The normalized spacial score (nSPS) is 16.6. The highest BCUT2D eigenvalue weighted by molar-refractivity contribution is 14.0. The molecule has 1 unspecified atom stereocenters. The number of hydrogen-bond donors (Lipinski definition) is 2. The summed E-state index contributed by atoms with van der Waals surface area (Å²) < 4.78 is 21.8. The van der Waals surface area contributed by atoms with Gasteiger partial charge in [-0.25, -0.2) is 4.99 Å². The summed E-state index contributed by atoms with van der Waals surface area (Å²) >= 11 is 0. The van der Waals surface area contributed by atoms with Crippen LogP contribution in [0.15, 0.2) is 17.1 Å². The third-order valence-corrected chi connectivity index (χ3v) is 4.01. The molecule has 1 aromatic carbocycles. The van der Waals surface area contributed by atoms with E-state index in [2.05, 4.69) is 15.6 Å². The zero-order valence-electron chi connectivity index (χ0n) is 16.0. The SMILES string of the molecule is CCNC(=NCc1cc(OC)c(OC)c(OC)c1)NCC1CCCO1.I. The first kappa shape index (κ1) is 22.6. The van der Waals surface area contributed by atoms with Crippen LogP contribution in [-0.4, -0.2) is 53.1 Å². The van der Waals surface area contributed by atoms with Gasteiger partial charge in [0.1, 0.15) is 0 Å². The minimum Gasteiger partial charge on any atom is -0.493 e. The monoisotopic (exact) mass is 479 g/mol. The van der Waals surface area contributed by atoms with Crippen molar-refractivity contribution in [2.45, 2.75) is 32.4 Å². The predicted octanol–water partition coefficient (Wildman–Crippen LogP) is 2.56. The van der Waals surface area contributed by atoms with Gasteiger partial charge in [0, 0.05) is 19.7 Å². The highest BCUT2D eigenvalue weighted by Gasteiger charge is 2.16. The van der Waals surface area contributed by atoms with Crippen LogP contribution in [0, 0.1) is 0 Å². The molecule has 148 valence electrons. The van der Waals surface area contributed by atoms with Crippen molar-refractivity contribution in [3.63, 3.8) is 0 Å². The van der Waals surface area contributed by atoms with E-state index < -0.39 is 0 Å². The van der Waals surface area contributed by atoms with Crippen molar-refractivity contribution < 1.29 is 18.9 Å². The maximum absolute atomic E-state index is 5.64. The number of rotatable bonds is 8. The van der Waals surface area contributed by atoms with Crippen molar-refractivity contribution in [3.05, 3.63) is 17.7 Å². The third-order valence-electron chi connectivity index (χ3n) is 4.01. The van der Waals surface area contributed by atoms with Gasteiger partial charge in [-0.1, -0.05) is 0 Å². The zero-order valence-corrected chi connectivity index (χ0v) is 18.3. The van der Waals surface area contributed by atoms with E-state index >= 15 is 0 Å². The minimum atomic E-state index is 0. The van der Waals surface area contributed by atoms with Gasteiger partial charge in [0.15, 0.2) is 17.5 Å². The molecular formula is C18H30IN3O4. The number of halogens is 1. The van der Waals surface area contributed by atoms with E-state index in [1.807, 2.05) is 19.1 Å². The zero-order chi connectivity index (χ0) is 18.1. The number of ether oxygens (including phenoxy) is 4. The van der Waals surface area contributed by atoms with E-state index in [0.29, 0.717) is 23.8 Å². The van der Waals surface area contributed by atoms with Crippen molar-refractivity contribution in [3.8, 4) is 17.2 Å². The summed E-state index contributed by atoms with van der Waals surface area (Å²) in [4.78, 5) is 4.64. The fourth-order valence-electron chi connectivity index (χ4n) is 2.75. The van der Waals surface area contributed by atoms with Crippen molar-refractivity contribution in [1.29, 1.82) is 0 Å². The standard InChI is InChI=1S/C18H29N3O4.HI/c1-5-19-18(21-12-14-7-6-8-25-14)20-11-13-9-15(22-2)17(24-4)16(10-13)23-3;/h9-10,14H,5-8,11-12H2,1-4H3,(H2,19,20,21);1H. The Morgan fingerprint density at radius 2 is 1.85 bits per heavy atom. The van der Waals surface area contributed by atoms with Crippen LogP contribution in [0.5, 0.6) is 17.2 Å². The quantitative estimate of drug-likeness (QED) is 0.339. The summed E-state index contributed by atoms with van der Waals surface area (Å²) in [6.07, 6.45) is 2.50. The molecule has 1 atom stereocenters. The first-order valence-corrected chi connectivity index (χ1v) is 8.64. The highest BCUT2D eigenvalue weighted by atomic mass is 127. The highest BCUT2D eigenvalue weighted by Crippen LogP contribution is 2.38. The van der Waals surface area contributed by atoms with Gasteiger partial charge in [0.2, 0.25) is 5.75 Å². The lowest BCUT2D eigenvalue weighted by Crippen LogP contribution is -2.41. The summed E-state index contributed by atoms with van der Waals surface area (Å²) in [5, 5.41) is 6.59. The molecule has 0 spiro atoms. The van der Waals surface area contributed by atoms with Gasteiger partial charge in [-0.15, -0.1) is 24.0 Å². The number of methoxy groups -OCH3 is 3. The first-order valence-electron chi connectivity index (χ1n) is 8.64. The molecule has 0 aromatic heterocycles. The lowest BCUT2D eigenvalue weighted by molar-refractivity contribution is 0.114. The van der Waals surface area contributed by atoms with E-state index in [1.54, 1.807) is 21.3 Å². The van der Waals surface area contributed by atoms with Gasteiger partial charge in [0.25, 0.3) is 0 Å². The lowest BCUT2D eigenvalue weighted by atomic mass is 10.2. The summed E-state index contributed by atoms with van der Waals surface area (Å²) in [7, 11) is 4.81. The third kappa shape index (κ3) is 6.39. The molecule has 0 bridgehead atoms. The average Bonchev–Trinajstić information content (AvgIpc) is 3.16. The molecule has 1 aromatic rings. The molecule has 1 aliphatic rings. The molecule has 0 radical (unpaired) electrons. The van der Waals surface area contributed by atoms with E-state index in [4.69, 9.17) is 18.9 Å². The maximum atomic E-state index is 5.64. The van der Waals surface area contributed by atoms with E-state index in [1.165, 1.54) is 0 Å². The van der Waals surface area contributed by atoms with Crippen LogP contribution in [0.2, 0.25) is 0 Å². The molecule has 1 aliphatic heterocycles. The van der Waals surface area contributed by atoms with Gasteiger partial charge in [-0.3, -0.25) is 0 Å². The van der Waals surface area contributed by atoms with Gasteiger partial charge >= 0.3 is 0 Å². The number of guanidine groups is 1. The van der Waals surface area contributed by atoms with Crippen molar-refractivity contribution >= 4 is 29.9 Å². The molecule has 1 saturated heterocycles. The summed E-state index contributed by atoms with van der Waals surface area (Å²) in [5.74, 6) is 2.61. The topological polar surface area (TPSA) is 73.3 Å². The minimum absolute atomic E-state index is 0. The molecule has 0 saturated carbocycles. The van der Waals surface area contributed by atoms with Crippen LogP contribution in [0.4, 0.5) is 0 Å². The molecular weight excluding hydrogens is 449 g/mol. The largest absolute Gasteiger partial charge is 0.493 e. The number of nitrogens with one attached hydrogen (secondary N) is 2. The van der Waals surface area contributed by atoms with Crippen LogP contribution >= 0.6 is 24.0 Å². The molecule has 1 heterocycles. The van der Waals surface area contributed by atoms with Gasteiger partial charge < -0.3 is 29.6 Å². The Kier molecular flexibility index (Phi) is 10.5. The number of aliphatic imine (C=N–C) groups is 1. The van der Waals surface area contributed by atoms with Gasteiger partial charge in [-0.05, 0) is 37.5 Å². The molecule has 2 rings (SSSR count). The Morgan fingerprint density at radius 1 is 1.15 bits per heavy atom.